The van der Waals surface area contributed by atoms with Crippen LogP contribution < -0.4 is 15.0 Å². The molecule has 2 aromatic carbocycles. The van der Waals surface area contributed by atoms with Crippen LogP contribution in [0.3, 0.4) is 0 Å². The van der Waals surface area contributed by atoms with Crippen LogP contribution in [0.2, 0.25) is 0 Å². The van der Waals surface area contributed by atoms with Crippen molar-refractivity contribution >= 4 is 23.2 Å². The average molecular weight is 378 g/mol. The number of carbonyl (C=O) groups excluding carboxylic acids is 2. The number of nitrogens with one attached hydrogen (secondary N) is 1. The lowest BCUT2D eigenvalue weighted by Crippen LogP contribution is -2.41. The van der Waals surface area contributed by atoms with Gasteiger partial charge in [0.25, 0.3) is 5.91 Å². The number of anilines is 2. The van der Waals surface area contributed by atoms with Gasteiger partial charge in [0.1, 0.15) is 5.75 Å². The number of hydrogen-bond acceptors (Lipinski definition) is 3. The molecule has 3 rings (SSSR count). The maximum atomic E-state index is 12.7. The van der Waals surface area contributed by atoms with Gasteiger partial charge in [0.05, 0.1) is 16.9 Å². The molecule has 0 unspecified atom stereocenters. The molecule has 142 valence electrons. The normalized spacial score (nSPS) is 17.0. The maximum absolute atomic E-state index is 12.7. The van der Waals surface area contributed by atoms with Crippen LogP contribution in [0.25, 0.3) is 0 Å². The van der Waals surface area contributed by atoms with Crippen LogP contribution in [0.4, 0.5) is 24.5 Å². The zero-order valence-corrected chi connectivity index (χ0v) is 14.4. The molecule has 2 aromatic rings. The molecule has 1 N–H and O–H groups in total. The van der Waals surface area contributed by atoms with E-state index in [1.165, 1.54) is 17.0 Å². The fraction of sp³-hybridized carbons (Fsp3) is 0.263. The van der Waals surface area contributed by atoms with Crippen molar-refractivity contribution in [2.24, 2.45) is 0 Å². The summed E-state index contributed by atoms with van der Waals surface area (Å²) in [7, 11) is 0. The van der Waals surface area contributed by atoms with Crippen LogP contribution in [0.1, 0.15) is 18.9 Å². The van der Waals surface area contributed by atoms with E-state index in [2.05, 4.69) is 5.32 Å². The number of alkyl halides is 3. The monoisotopic (exact) mass is 378 g/mol. The van der Waals surface area contributed by atoms with Gasteiger partial charge in [-0.05, 0) is 43.3 Å². The number of fused-ring (bicyclic) bond motifs is 1. The van der Waals surface area contributed by atoms with Crippen molar-refractivity contribution in [1.82, 2.24) is 0 Å². The molecule has 0 fully saturated rings. The molecular formula is C19H17F3N2O3. The van der Waals surface area contributed by atoms with E-state index in [1.807, 2.05) is 0 Å². The topological polar surface area (TPSA) is 58.6 Å². The second kappa shape index (κ2) is 7.30. The molecule has 1 heterocycles. The van der Waals surface area contributed by atoms with Crippen molar-refractivity contribution in [2.75, 3.05) is 16.8 Å². The van der Waals surface area contributed by atoms with Gasteiger partial charge in [-0.3, -0.25) is 9.59 Å². The first kappa shape index (κ1) is 18.8. The minimum Gasteiger partial charge on any atom is -0.484 e. The second-order valence-electron chi connectivity index (χ2n) is 6.19. The summed E-state index contributed by atoms with van der Waals surface area (Å²) in [6.07, 6.45) is -4.31. The second-order valence-corrected chi connectivity index (χ2v) is 6.19. The number of rotatable bonds is 3. The zero-order valence-electron chi connectivity index (χ0n) is 14.4. The van der Waals surface area contributed by atoms with Gasteiger partial charge < -0.3 is 15.0 Å². The van der Waals surface area contributed by atoms with E-state index >= 15 is 0 Å². The molecule has 27 heavy (non-hydrogen) atoms. The first-order valence-electron chi connectivity index (χ1n) is 8.26. The number of benzene rings is 2. The summed E-state index contributed by atoms with van der Waals surface area (Å²) < 4.78 is 43.1. The molecule has 8 heteroatoms. The molecule has 1 atom stereocenters. The Labute approximate surface area is 153 Å². The van der Waals surface area contributed by atoms with E-state index in [4.69, 9.17) is 4.74 Å². The number of para-hydroxylation sites is 2. The highest BCUT2D eigenvalue weighted by Gasteiger charge is 2.31. The molecule has 1 aliphatic rings. The smallest absolute Gasteiger partial charge is 0.416 e. The third-order valence-corrected chi connectivity index (χ3v) is 4.17. The quantitative estimate of drug-likeness (QED) is 0.883. The molecule has 0 aliphatic carbocycles. The SMILES string of the molecule is C[C@@H]1CC(=O)Nc2ccccc2N1C(=O)COc1ccc(C(F)(F)F)cc1. The number of carbonyl (C=O) groups is 2. The first-order chi connectivity index (χ1) is 12.8. The Kier molecular flexibility index (Phi) is 5.07. The third kappa shape index (κ3) is 4.21. The Balaban J connectivity index is 1.74. The third-order valence-electron chi connectivity index (χ3n) is 4.17. The van der Waals surface area contributed by atoms with Gasteiger partial charge in [0, 0.05) is 12.5 Å². The van der Waals surface area contributed by atoms with Crippen molar-refractivity contribution in [2.45, 2.75) is 25.6 Å². The van der Waals surface area contributed by atoms with Crippen molar-refractivity contribution in [3.05, 3.63) is 54.1 Å². The Morgan fingerprint density at radius 1 is 1.19 bits per heavy atom. The van der Waals surface area contributed by atoms with Gasteiger partial charge in [-0.1, -0.05) is 12.1 Å². The van der Waals surface area contributed by atoms with Crippen LogP contribution in [0.15, 0.2) is 48.5 Å². The number of amides is 2. The minimum absolute atomic E-state index is 0.126. The van der Waals surface area contributed by atoms with Crippen molar-refractivity contribution in [3.8, 4) is 5.75 Å². The van der Waals surface area contributed by atoms with E-state index in [9.17, 15) is 22.8 Å². The molecule has 0 aromatic heterocycles. The summed E-state index contributed by atoms with van der Waals surface area (Å²) in [6, 6.07) is 10.6. The fourth-order valence-electron chi connectivity index (χ4n) is 2.92. The van der Waals surface area contributed by atoms with Gasteiger partial charge in [-0.15, -0.1) is 0 Å². The highest BCUT2D eigenvalue weighted by Crippen LogP contribution is 2.32. The summed E-state index contributed by atoms with van der Waals surface area (Å²) >= 11 is 0. The molecule has 0 spiro atoms. The Hall–Kier alpha value is -3.03. The van der Waals surface area contributed by atoms with Crippen LogP contribution in [-0.4, -0.2) is 24.5 Å². The summed E-state index contributed by atoms with van der Waals surface area (Å²) in [5.74, 6) is -0.443. The van der Waals surface area contributed by atoms with E-state index < -0.39 is 23.7 Å². The first-order valence-corrected chi connectivity index (χ1v) is 8.26. The molecule has 0 saturated heterocycles. The molecule has 5 nitrogen and oxygen atoms in total. The summed E-state index contributed by atoms with van der Waals surface area (Å²) in [4.78, 5) is 26.1. The minimum atomic E-state index is -4.43. The van der Waals surface area contributed by atoms with E-state index in [0.717, 1.165) is 12.1 Å². The number of ether oxygens (including phenoxy) is 1. The molecule has 2 amide bonds. The predicted molar refractivity (Wildman–Crippen MR) is 93.6 cm³/mol. The standard InChI is InChI=1S/C19H17F3N2O3/c1-12-10-17(25)23-15-4-2-3-5-16(15)24(12)18(26)11-27-14-8-6-13(7-9-14)19(20,21)22/h2-9,12H,10-11H2,1H3,(H,23,25)/t12-/m1/s1. The summed E-state index contributed by atoms with van der Waals surface area (Å²) in [5, 5.41) is 2.75. The highest BCUT2D eigenvalue weighted by atomic mass is 19.4. The molecule has 0 bridgehead atoms. The van der Waals surface area contributed by atoms with Crippen molar-refractivity contribution < 1.29 is 27.5 Å². The van der Waals surface area contributed by atoms with Gasteiger partial charge in [0.2, 0.25) is 5.91 Å². The molecule has 0 saturated carbocycles. The van der Waals surface area contributed by atoms with Gasteiger partial charge in [-0.25, -0.2) is 0 Å². The number of halogens is 3. The van der Waals surface area contributed by atoms with E-state index in [-0.39, 0.29) is 24.7 Å². The lowest BCUT2D eigenvalue weighted by Gasteiger charge is -2.27. The Morgan fingerprint density at radius 3 is 2.52 bits per heavy atom. The Bertz CT molecular complexity index is 850. The highest BCUT2D eigenvalue weighted by molar-refractivity contribution is 6.04. The van der Waals surface area contributed by atoms with Crippen LogP contribution in [-0.2, 0) is 15.8 Å². The van der Waals surface area contributed by atoms with E-state index in [1.54, 1.807) is 31.2 Å². The van der Waals surface area contributed by atoms with Crippen molar-refractivity contribution in [3.63, 3.8) is 0 Å². The average Bonchev–Trinajstić information content (AvgIpc) is 2.73. The lowest BCUT2D eigenvalue weighted by atomic mass is 10.1. The number of hydrogen-bond donors (Lipinski definition) is 1. The molecule has 1 aliphatic heterocycles. The fourth-order valence-corrected chi connectivity index (χ4v) is 2.92. The number of nitrogens with zero attached hydrogens (tertiary/aromatic N) is 1. The Morgan fingerprint density at radius 2 is 1.85 bits per heavy atom. The maximum Gasteiger partial charge on any atom is 0.416 e. The van der Waals surface area contributed by atoms with Gasteiger partial charge in [-0.2, -0.15) is 13.2 Å². The molecule has 0 radical (unpaired) electrons. The zero-order chi connectivity index (χ0) is 19.6. The predicted octanol–water partition coefficient (Wildman–Crippen LogP) is 3.85. The van der Waals surface area contributed by atoms with Crippen molar-refractivity contribution in [1.29, 1.82) is 0 Å². The van der Waals surface area contributed by atoms with Gasteiger partial charge >= 0.3 is 6.18 Å². The largest absolute Gasteiger partial charge is 0.484 e. The lowest BCUT2D eigenvalue weighted by molar-refractivity contribution is -0.137. The van der Waals surface area contributed by atoms with Gasteiger partial charge in [0.15, 0.2) is 6.61 Å². The van der Waals surface area contributed by atoms with Crippen LogP contribution >= 0.6 is 0 Å². The van der Waals surface area contributed by atoms with Crippen LogP contribution in [0, 0.1) is 0 Å². The van der Waals surface area contributed by atoms with E-state index in [0.29, 0.717) is 11.4 Å². The summed E-state index contributed by atoms with van der Waals surface area (Å²) in [6.45, 7) is 1.38. The molecular weight excluding hydrogens is 361 g/mol. The van der Waals surface area contributed by atoms with Crippen LogP contribution in [0.5, 0.6) is 5.75 Å². The summed E-state index contributed by atoms with van der Waals surface area (Å²) in [5.41, 5.74) is 0.285.